The zero-order valence-electron chi connectivity index (χ0n) is 12.0. The Morgan fingerprint density at radius 2 is 2.00 bits per heavy atom. The molecule has 1 heterocycles. The lowest BCUT2D eigenvalue weighted by atomic mass is 10.1. The van der Waals surface area contributed by atoms with Crippen molar-refractivity contribution in [2.24, 2.45) is 0 Å². The van der Waals surface area contributed by atoms with E-state index in [1.165, 1.54) is 6.42 Å². The molecule has 0 aromatic heterocycles. The first-order valence-electron chi connectivity index (χ1n) is 7.27. The third-order valence-corrected chi connectivity index (χ3v) is 3.68. The van der Waals surface area contributed by atoms with Crippen LogP contribution in [0.4, 0.5) is 11.4 Å². The van der Waals surface area contributed by atoms with Crippen LogP contribution < -0.4 is 10.2 Å². The molecule has 1 aliphatic heterocycles. The van der Waals surface area contributed by atoms with Crippen LogP contribution in [0.5, 0.6) is 0 Å². The zero-order chi connectivity index (χ0) is 15.2. The van der Waals surface area contributed by atoms with Gasteiger partial charge in [-0.3, -0.25) is 0 Å². The second kappa shape index (κ2) is 7.28. The molecule has 1 aromatic carbocycles. The maximum absolute atomic E-state index is 11.5. The van der Waals surface area contributed by atoms with Crippen molar-refractivity contribution in [3.63, 3.8) is 0 Å². The first-order valence-corrected chi connectivity index (χ1v) is 7.27. The van der Waals surface area contributed by atoms with Crippen molar-refractivity contribution < 1.29 is 20.1 Å². The van der Waals surface area contributed by atoms with Gasteiger partial charge in [-0.25, -0.2) is 4.79 Å². The summed E-state index contributed by atoms with van der Waals surface area (Å²) in [6.45, 7) is 1.62. The molecular formula is C15H22N2O4. The molecule has 1 aromatic rings. The molecule has 1 fully saturated rings. The summed E-state index contributed by atoms with van der Waals surface area (Å²) in [6, 6.07) is 5.19. The number of rotatable bonds is 6. The Labute approximate surface area is 124 Å². The molecule has 0 radical (unpaired) electrons. The lowest BCUT2D eigenvalue weighted by molar-refractivity contribution is 0.0697. The van der Waals surface area contributed by atoms with Crippen LogP contribution in [0.25, 0.3) is 0 Å². The predicted molar refractivity (Wildman–Crippen MR) is 81.0 cm³/mol. The first-order chi connectivity index (χ1) is 10.1. The first kappa shape index (κ1) is 15.6. The Hall–Kier alpha value is -1.79. The van der Waals surface area contributed by atoms with Crippen molar-refractivity contribution in [3.05, 3.63) is 23.8 Å². The Balaban J connectivity index is 2.16. The second-order valence-corrected chi connectivity index (χ2v) is 5.30. The number of aliphatic hydroxyl groups excluding tert-OH is 2. The van der Waals surface area contributed by atoms with Crippen LogP contribution in [0, 0.1) is 0 Å². The molecule has 6 heteroatoms. The molecule has 1 atom stereocenters. The minimum absolute atomic E-state index is 0.179. The summed E-state index contributed by atoms with van der Waals surface area (Å²) in [5, 5.41) is 30.4. The highest BCUT2D eigenvalue weighted by molar-refractivity contribution is 5.95. The maximum Gasteiger partial charge on any atom is 0.337 e. The van der Waals surface area contributed by atoms with Crippen molar-refractivity contribution in [2.75, 3.05) is 36.5 Å². The minimum atomic E-state index is -0.957. The molecule has 1 unspecified atom stereocenters. The van der Waals surface area contributed by atoms with Crippen LogP contribution in [0.2, 0.25) is 0 Å². The van der Waals surface area contributed by atoms with Gasteiger partial charge in [-0.1, -0.05) is 0 Å². The van der Waals surface area contributed by atoms with E-state index in [0.29, 0.717) is 5.69 Å². The Kier molecular flexibility index (Phi) is 5.41. The lowest BCUT2D eigenvalue weighted by Gasteiger charge is -2.30. The van der Waals surface area contributed by atoms with E-state index in [0.717, 1.165) is 31.6 Å². The van der Waals surface area contributed by atoms with Gasteiger partial charge in [-0.2, -0.15) is 0 Å². The molecule has 6 nitrogen and oxygen atoms in total. The number of nitrogens with one attached hydrogen (secondary N) is 1. The smallest absolute Gasteiger partial charge is 0.337 e. The average Bonchev–Trinajstić information content (AvgIpc) is 2.53. The number of hydrogen-bond acceptors (Lipinski definition) is 5. The van der Waals surface area contributed by atoms with Gasteiger partial charge in [0.2, 0.25) is 0 Å². The van der Waals surface area contributed by atoms with E-state index in [2.05, 4.69) is 10.2 Å². The average molecular weight is 294 g/mol. The van der Waals surface area contributed by atoms with Crippen molar-refractivity contribution in [1.29, 1.82) is 0 Å². The normalized spacial score (nSPS) is 16.6. The van der Waals surface area contributed by atoms with Crippen LogP contribution in [0.3, 0.4) is 0 Å². The molecule has 0 saturated carbocycles. The number of carboxylic acid groups (broad SMARTS) is 1. The summed E-state index contributed by atoms with van der Waals surface area (Å²) in [5.74, 6) is -0.957. The van der Waals surface area contributed by atoms with E-state index in [9.17, 15) is 15.0 Å². The highest BCUT2D eigenvalue weighted by Crippen LogP contribution is 2.27. The van der Waals surface area contributed by atoms with Crippen molar-refractivity contribution in [2.45, 2.75) is 25.4 Å². The highest BCUT2D eigenvalue weighted by atomic mass is 16.4. The van der Waals surface area contributed by atoms with Crippen LogP contribution in [0.1, 0.15) is 29.6 Å². The molecule has 1 aliphatic rings. The largest absolute Gasteiger partial charge is 0.478 e. The number of hydrogen-bond donors (Lipinski definition) is 4. The third-order valence-electron chi connectivity index (χ3n) is 3.68. The molecule has 2 rings (SSSR count). The van der Waals surface area contributed by atoms with Crippen LogP contribution in [0.15, 0.2) is 18.2 Å². The number of piperidine rings is 1. The quantitative estimate of drug-likeness (QED) is 0.629. The van der Waals surface area contributed by atoms with Gasteiger partial charge in [-0.15, -0.1) is 0 Å². The molecule has 21 heavy (non-hydrogen) atoms. The van der Waals surface area contributed by atoms with Crippen LogP contribution >= 0.6 is 0 Å². The number of benzene rings is 1. The standard InChI is InChI=1S/C15H22N2O4/c18-10-12(19)9-16-11-4-5-14(13(8-11)15(20)21)17-6-2-1-3-7-17/h4-5,8,12,16,18-19H,1-3,6-7,9-10H2,(H,20,21). The fourth-order valence-corrected chi connectivity index (χ4v) is 2.53. The Morgan fingerprint density at radius 1 is 1.29 bits per heavy atom. The maximum atomic E-state index is 11.5. The van der Waals surface area contributed by atoms with E-state index >= 15 is 0 Å². The van der Waals surface area contributed by atoms with Gasteiger partial charge < -0.3 is 25.5 Å². The number of carboxylic acids is 1. The second-order valence-electron chi connectivity index (χ2n) is 5.30. The fraction of sp³-hybridized carbons (Fsp3) is 0.533. The summed E-state index contributed by atoms with van der Waals surface area (Å²) >= 11 is 0. The molecule has 0 amide bonds. The monoisotopic (exact) mass is 294 g/mol. The van der Waals surface area contributed by atoms with Gasteiger partial charge >= 0.3 is 5.97 Å². The van der Waals surface area contributed by atoms with Crippen LogP contribution in [-0.4, -0.2) is 53.6 Å². The SMILES string of the molecule is O=C(O)c1cc(NCC(O)CO)ccc1N1CCCCC1. The van der Waals surface area contributed by atoms with Gasteiger partial charge in [0.25, 0.3) is 0 Å². The number of aromatic carboxylic acids is 1. The molecule has 1 saturated heterocycles. The molecule has 116 valence electrons. The third kappa shape index (κ3) is 4.09. The summed E-state index contributed by atoms with van der Waals surface area (Å²) in [6.07, 6.45) is 2.50. The predicted octanol–water partition coefficient (Wildman–Crippen LogP) is 1.14. The number of aliphatic hydroxyl groups is 2. The summed E-state index contributed by atoms with van der Waals surface area (Å²) in [7, 11) is 0. The molecular weight excluding hydrogens is 272 g/mol. The number of carbonyl (C=O) groups is 1. The zero-order valence-corrected chi connectivity index (χ0v) is 12.0. The van der Waals surface area contributed by atoms with Gasteiger partial charge in [0.1, 0.15) is 0 Å². The lowest BCUT2D eigenvalue weighted by Crippen LogP contribution is -2.31. The summed E-state index contributed by atoms with van der Waals surface area (Å²) in [4.78, 5) is 13.6. The number of nitrogens with zero attached hydrogens (tertiary/aromatic N) is 1. The topological polar surface area (TPSA) is 93.0 Å². The van der Waals surface area contributed by atoms with Gasteiger partial charge in [0, 0.05) is 25.3 Å². The minimum Gasteiger partial charge on any atom is -0.478 e. The van der Waals surface area contributed by atoms with E-state index in [1.807, 2.05) is 6.07 Å². The number of anilines is 2. The highest BCUT2D eigenvalue weighted by Gasteiger charge is 2.18. The molecule has 0 bridgehead atoms. The van der Waals surface area contributed by atoms with Crippen molar-refractivity contribution >= 4 is 17.3 Å². The van der Waals surface area contributed by atoms with Gasteiger partial charge in [0.15, 0.2) is 0 Å². The Bertz CT molecular complexity index is 487. The van der Waals surface area contributed by atoms with Crippen molar-refractivity contribution in [1.82, 2.24) is 0 Å². The van der Waals surface area contributed by atoms with Gasteiger partial charge in [0.05, 0.1) is 24.0 Å². The fourth-order valence-electron chi connectivity index (χ4n) is 2.53. The summed E-state index contributed by atoms with van der Waals surface area (Å²) < 4.78 is 0. The van der Waals surface area contributed by atoms with Crippen molar-refractivity contribution in [3.8, 4) is 0 Å². The van der Waals surface area contributed by atoms with E-state index in [1.54, 1.807) is 12.1 Å². The molecule has 4 N–H and O–H groups in total. The summed E-state index contributed by atoms with van der Waals surface area (Å²) in [5.41, 5.74) is 1.64. The molecule has 0 spiro atoms. The van der Waals surface area contributed by atoms with E-state index < -0.39 is 12.1 Å². The van der Waals surface area contributed by atoms with E-state index in [-0.39, 0.29) is 18.7 Å². The van der Waals surface area contributed by atoms with E-state index in [4.69, 9.17) is 5.11 Å². The van der Waals surface area contributed by atoms with Gasteiger partial charge in [-0.05, 0) is 37.5 Å². The van der Waals surface area contributed by atoms with Crippen LogP contribution in [-0.2, 0) is 0 Å². The Morgan fingerprint density at radius 3 is 2.62 bits per heavy atom. The molecule has 0 aliphatic carbocycles.